The highest BCUT2D eigenvalue weighted by Gasteiger charge is 2.33. The summed E-state index contributed by atoms with van der Waals surface area (Å²) in [5.41, 5.74) is 2.60. The summed E-state index contributed by atoms with van der Waals surface area (Å²) in [7, 11) is 3.65. The van der Waals surface area contributed by atoms with Gasteiger partial charge < -0.3 is 15.0 Å². The van der Waals surface area contributed by atoms with Gasteiger partial charge in [0.1, 0.15) is 11.6 Å². The molecule has 0 saturated carbocycles. The maximum atomic E-state index is 13.4. The van der Waals surface area contributed by atoms with Crippen molar-refractivity contribution in [1.82, 2.24) is 19.9 Å². The number of pyridine rings is 1. The van der Waals surface area contributed by atoms with Crippen LogP contribution in [-0.2, 0) is 6.18 Å². The Morgan fingerprint density at radius 1 is 1.15 bits per heavy atom. The topological polar surface area (TPSA) is 63.2 Å². The summed E-state index contributed by atoms with van der Waals surface area (Å²) in [6.07, 6.45) is -1.39. The molecule has 4 rings (SSSR count). The van der Waals surface area contributed by atoms with Crippen LogP contribution < -0.4 is 10.1 Å². The molecule has 6 nitrogen and oxygen atoms in total. The highest BCUT2D eigenvalue weighted by Crippen LogP contribution is 2.37. The Labute approximate surface area is 196 Å². The molecule has 1 N–H and O–H groups in total. The summed E-state index contributed by atoms with van der Waals surface area (Å²) >= 11 is 0. The normalized spacial score (nSPS) is 15.8. The zero-order valence-corrected chi connectivity index (χ0v) is 19.9. The highest BCUT2D eigenvalue weighted by atomic mass is 19.4. The Hall–Kier alpha value is -3.20. The van der Waals surface area contributed by atoms with Gasteiger partial charge in [-0.05, 0) is 63.1 Å². The molecular formula is C25H28F3N5O. The number of hydrogen-bond donors (Lipinski definition) is 1. The zero-order valence-electron chi connectivity index (χ0n) is 19.9. The molecule has 0 fully saturated rings. The second-order valence-corrected chi connectivity index (χ2v) is 8.66. The van der Waals surface area contributed by atoms with Gasteiger partial charge in [0, 0.05) is 18.7 Å². The number of ether oxygens (including phenoxy) is 1. The molecule has 9 heteroatoms. The second kappa shape index (κ2) is 9.21. The second-order valence-electron chi connectivity index (χ2n) is 8.66. The summed E-state index contributed by atoms with van der Waals surface area (Å²) < 4.78 is 45.9. The molecule has 1 aromatic carbocycles. The molecule has 1 aliphatic rings. The summed E-state index contributed by atoms with van der Waals surface area (Å²) in [4.78, 5) is 15.9. The summed E-state index contributed by atoms with van der Waals surface area (Å²) in [5.74, 6) is 1.52. The van der Waals surface area contributed by atoms with Gasteiger partial charge in [0.2, 0.25) is 5.88 Å². The molecule has 180 valence electrons. The number of nitrogens with one attached hydrogen (secondary N) is 1. The van der Waals surface area contributed by atoms with E-state index in [1.54, 1.807) is 20.1 Å². The van der Waals surface area contributed by atoms with Crippen LogP contribution in [0.1, 0.15) is 47.5 Å². The van der Waals surface area contributed by atoms with Crippen molar-refractivity contribution in [3.8, 4) is 5.88 Å². The van der Waals surface area contributed by atoms with Crippen molar-refractivity contribution in [2.24, 2.45) is 0 Å². The van der Waals surface area contributed by atoms with Crippen LogP contribution in [0.5, 0.6) is 5.88 Å². The monoisotopic (exact) mass is 471 g/mol. The number of fused-ring (bicyclic) bond motifs is 1. The molecule has 3 aromatic rings. The van der Waals surface area contributed by atoms with Gasteiger partial charge in [-0.1, -0.05) is 18.2 Å². The third-order valence-corrected chi connectivity index (χ3v) is 6.22. The first-order chi connectivity index (χ1) is 16.1. The van der Waals surface area contributed by atoms with Crippen LogP contribution >= 0.6 is 0 Å². The largest absolute Gasteiger partial charge is 0.481 e. The quantitative estimate of drug-likeness (QED) is 0.526. The average molecular weight is 472 g/mol. The molecule has 0 radical (unpaired) electrons. The van der Waals surface area contributed by atoms with Crippen molar-refractivity contribution < 1.29 is 17.9 Å². The average Bonchev–Trinajstić information content (AvgIpc) is 2.78. The van der Waals surface area contributed by atoms with Crippen LogP contribution in [0, 0.1) is 13.8 Å². The number of halogens is 3. The maximum Gasteiger partial charge on any atom is 0.416 e. The van der Waals surface area contributed by atoms with Gasteiger partial charge in [0.05, 0.1) is 24.1 Å². The van der Waals surface area contributed by atoms with E-state index in [0.29, 0.717) is 34.1 Å². The van der Waals surface area contributed by atoms with Crippen molar-refractivity contribution in [3.63, 3.8) is 0 Å². The predicted octanol–water partition coefficient (Wildman–Crippen LogP) is 5.56. The minimum Gasteiger partial charge on any atom is -0.481 e. The van der Waals surface area contributed by atoms with Crippen LogP contribution in [0.4, 0.5) is 19.0 Å². The number of aromatic nitrogens is 3. The third kappa shape index (κ3) is 4.70. The van der Waals surface area contributed by atoms with E-state index in [1.807, 2.05) is 13.0 Å². The Kier molecular flexibility index (Phi) is 6.49. The van der Waals surface area contributed by atoms with Crippen LogP contribution in [-0.4, -0.2) is 47.1 Å². The molecule has 0 bridgehead atoms. The molecule has 34 heavy (non-hydrogen) atoms. The van der Waals surface area contributed by atoms with Gasteiger partial charge >= 0.3 is 6.18 Å². The third-order valence-electron chi connectivity index (χ3n) is 6.22. The van der Waals surface area contributed by atoms with Crippen molar-refractivity contribution >= 4 is 22.4 Å². The van der Waals surface area contributed by atoms with Crippen molar-refractivity contribution in [3.05, 3.63) is 58.4 Å². The lowest BCUT2D eigenvalue weighted by Crippen LogP contribution is -2.23. The number of rotatable bonds is 5. The van der Waals surface area contributed by atoms with Gasteiger partial charge in [-0.2, -0.15) is 18.2 Å². The summed E-state index contributed by atoms with van der Waals surface area (Å²) in [6.45, 7) is 6.83. The van der Waals surface area contributed by atoms with E-state index in [1.165, 1.54) is 13.0 Å². The Morgan fingerprint density at radius 3 is 2.56 bits per heavy atom. The molecule has 1 atom stereocenters. The van der Waals surface area contributed by atoms with Crippen LogP contribution in [0.25, 0.3) is 16.6 Å². The molecule has 0 unspecified atom stereocenters. The molecule has 0 saturated heterocycles. The summed E-state index contributed by atoms with van der Waals surface area (Å²) in [6, 6.07) is 5.78. The van der Waals surface area contributed by atoms with E-state index in [2.05, 4.69) is 38.3 Å². The molecule has 0 spiro atoms. The SMILES string of the molecule is COc1nc2nc(C)nc(N[C@H](C)c3cccc(C(F)(F)F)c3C)c2cc1C1=CCN(C)CC1. The van der Waals surface area contributed by atoms with Gasteiger partial charge in [-0.25, -0.2) is 9.97 Å². The molecule has 3 heterocycles. The van der Waals surface area contributed by atoms with Gasteiger partial charge in [-0.15, -0.1) is 0 Å². The number of hydrogen-bond acceptors (Lipinski definition) is 6. The number of nitrogens with zero attached hydrogens (tertiary/aromatic N) is 4. The smallest absolute Gasteiger partial charge is 0.416 e. The number of likely N-dealkylation sites (N-methyl/N-ethyl adjacent to an activating group) is 1. The summed E-state index contributed by atoms with van der Waals surface area (Å²) in [5, 5.41) is 4.00. The fourth-order valence-electron chi connectivity index (χ4n) is 4.37. The predicted molar refractivity (Wildman–Crippen MR) is 127 cm³/mol. The molecular weight excluding hydrogens is 443 g/mol. The van der Waals surface area contributed by atoms with E-state index in [-0.39, 0.29) is 5.56 Å². The molecule has 0 aliphatic carbocycles. The van der Waals surface area contributed by atoms with E-state index < -0.39 is 17.8 Å². The minimum atomic E-state index is -4.41. The number of benzene rings is 1. The van der Waals surface area contributed by atoms with Crippen LogP contribution in [0.15, 0.2) is 30.3 Å². The highest BCUT2D eigenvalue weighted by molar-refractivity contribution is 5.91. The standard InChI is InChI=1S/C25H28F3N5O/c1-14-18(7-6-8-21(14)25(26,27)28)15(2)29-22-20-13-19(17-9-11-33(4)12-10-17)24(34-5)32-23(20)31-16(3)30-22/h6-9,13,15H,10-12H2,1-5H3,(H,29,30,31,32)/t15-/m1/s1. The molecule has 1 aliphatic heterocycles. The van der Waals surface area contributed by atoms with E-state index in [4.69, 9.17) is 4.74 Å². The first kappa shape index (κ1) is 23.9. The lowest BCUT2D eigenvalue weighted by Gasteiger charge is -2.23. The minimum absolute atomic E-state index is 0.196. The maximum absolute atomic E-state index is 13.4. The Bertz CT molecular complexity index is 1260. The Balaban J connectivity index is 1.78. The number of methoxy groups -OCH3 is 1. The Morgan fingerprint density at radius 2 is 1.91 bits per heavy atom. The first-order valence-electron chi connectivity index (χ1n) is 11.1. The van der Waals surface area contributed by atoms with Gasteiger partial charge in [0.25, 0.3) is 0 Å². The van der Waals surface area contributed by atoms with Crippen molar-refractivity contribution in [1.29, 1.82) is 0 Å². The van der Waals surface area contributed by atoms with E-state index in [9.17, 15) is 13.2 Å². The van der Waals surface area contributed by atoms with Crippen LogP contribution in [0.3, 0.4) is 0 Å². The molecule has 0 amide bonds. The van der Waals surface area contributed by atoms with E-state index >= 15 is 0 Å². The number of anilines is 1. The van der Waals surface area contributed by atoms with Crippen molar-refractivity contribution in [2.75, 3.05) is 32.6 Å². The fourth-order valence-corrected chi connectivity index (χ4v) is 4.37. The van der Waals surface area contributed by atoms with Gasteiger partial charge in [0.15, 0.2) is 5.65 Å². The zero-order chi connectivity index (χ0) is 24.6. The lowest BCUT2D eigenvalue weighted by atomic mass is 9.97. The fraction of sp³-hybridized carbons (Fsp3) is 0.400. The first-order valence-corrected chi connectivity index (χ1v) is 11.1. The number of alkyl halides is 3. The number of aryl methyl sites for hydroxylation is 1. The van der Waals surface area contributed by atoms with E-state index in [0.717, 1.165) is 36.7 Å². The van der Waals surface area contributed by atoms with Crippen molar-refractivity contribution in [2.45, 2.75) is 39.4 Å². The van der Waals surface area contributed by atoms with Crippen LogP contribution in [0.2, 0.25) is 0 Å². The molecule has 2 aromatic heterocycles. The van der Waals surface area contributed by atoms with Gasteiger partial charge in [-0.3, -0.25) is 0 Å². The lowest BCUT2D eigenvalue weighted by molar-refractivity contribution is -0.138.